The highest BCUT2D eigenvalue weighted by Gasteiger charge is 2.44. The summed E-state index contributed by atoms with van der Waals surface area (Å²) in [5, 5.41) is 0. The van der Waals surface area contributed by atoms with Crippen molar-refractivity contribution in [2.45, 2.75) is 25.4 Å². The van der Waals surface area contributed by atoms with E-state index < -0.39 is 0 Å². The lowest BCUT2D eigenvalue weighted by molar-refractivity contribution is -0.956. The van der Waals surface area contributed by atoms with E-state index in [2.05, 4.69) is 31.3 Å². The summed E-state index contributed by atoms with van der Waals surface area (Å²) in [6, 6.07) is 9.23. The molecule has 0 spiro atoms. The largest absolute Gasteiger partial charge is 0.454 e. The molecule has 4 aliphatic heterocycles. The SMILES string of the molecule is C[N@@+]12CCc3cc4c(cc3[C@@H]1Cc1cc3c(cc1C2)OCO3)OCO4. The molecule has 6 rings (SSSR count). The van der Waals surface area contributed by atoms with Crippen molar-refractivity contribution < 1.29 is 23.4 Å². The fourth-order valence-electron chi connectivity index (χ4n) is 4.87. The predicted octanol–water partition coefficient (Wildman–Crippen LogP) is 2.94. The van der Waals surface area contributed by atoms with Crippen LogP contribution in [0.2, 0.25) is 0 Å². The minimum atomic E-state index is 0.333. The molecular formula is C20H20NO4+. The molecular weight excluding hydrogens is 318 g/mol. The van der Waals surface area contributed by atoms with Gasteiger partial charge < -0.3 is 23.4 Å². The quantitative estimate of drug-likeness (QED) is 0.692. The van der Waals surface area contributed by atoms with E-state index in [1.54, 1.807) is 0 Å². The topological polar surface area (TPSA) is 36.9 Å². The molecule has 0 aromatic heterocycles. The van der Waals surface area contributed by atoms with Gasteiger partial charge in [0.25, 0.3) is 0 Å². The third kappa shape index (κ3) is 1.87. The summed E-state index contributed by atoms with van der Waals surface area (Å²) in [6.07, 6.45) is 2.11. The Morgan fingerprint density at radius 2 is 1.40 bits per heavy atom. The van der Waals surface area contributed by atoms with E-state index in [9.17, 15) is 0 Å². The summed E-state index contributed by atoms with van der Waals surface area (Å²) in [6.45, 7) is 2.84. The molecule has 5 nitrogen and oxygen atoms in total. The van der Waals surface area contributed by atoms with Crippen molar-refractivity contribution in [1.29, 1.82) is 0 Å². The van der Waals surface area contributed by atoms with Crippen LogP contribution in [0, 0.1) is 0 Å². The standard InChI is InChI=1S/C20H20NO4/c1-21-3-2-12-5-17-20(25-11-22-17)8-15(12)16(21)4-13-6-18-19(24-10-23-18)7-14(13)9-21/h5-8,16H,2-4,9-11H2,1H3/q+1/t16-,21-/m0/s1. The smallest absolute Gasteiger partial charge is 0.231 e. The molecule has 2 aromatic carbocycles. The van der Waals surface area contributed by atoms with E-state index >= 15 is 0 Å². The number of likely N-dealkylation sites (N-methyl/N-ethyl adjacent to an activating group) is 1. The van der Waals surface area contributed by atoms with Crippen LogP contribution in [0.15, 0.2) is 24.3 Å². The molecule has 0 aliphatic carbocycles. The van der Waals surface area contributed by atoms with Gasteiger partial charge in [0.2, 0.25) is 13.6 Å². The normalized spacial score (nSPS) is 27.5. The van der Waals surface area contributed by atoms with Gasteiger partial charge in [-0.3, -0.25) is 0 Å². The van der Waals surface area contributed by atoms with E-state index in [0.29, 0.717) is 19.6 Å². The minimum absolute atomic E-state index is 0.333. The highest BCUT2D eigenvalue weighted by Crippen LogP contribution is 2.48. The minimum Gasteiger partial charge on any atom is -0.454 e. The average Bonchev–Trinajstić information content (AvgIpc) is 3.24. The lowest BCUT2D eigenvalue weighted by Crippen LogP contribution is -2.53. The van der Waals surface area contributed by atoms with Crippen LogP contribution < -0.4 is 18.9 Å². The molecule has 2 aromatic rings. The Balaban J connectivity index is 1.47. The third-order valence-electron chi connectivity index (χ3n) is 6.28. The highest BCUT2D eigenvalue weighted by molar-refractivity contribution is 5.53. The Morgan fingerprint density at radius 3 is 2.12 bits per heavy atom. The summed E-state index contributed by atoms with van der Waals surface area (Å²) in [5.41, 5.74) is 5.61. The Labute approximate surface area is 146 Å². The Hall–Kier alpha value is -2.40. The fraction of sp³-hybridized carbons (Fsp3) is 0.400. The summed E-state index contributed by atoms with van der Waals surface area (Å²) in [5.74, 6) is 3.57. The van der Waals surface area contributed by atoms with Crippen molar-refractivity contribution >= 4 is 0 Å². The molecule has 0 saturated carbocycles. The molecule has 5 heteroatoms. The fourth-order valence-corrected chi connectivity index (χ4v) is 4.87. The maximum Gasteiger partial charge on any atom is 0.231 e. The van der Waals surface area contributed by atoms with E-state index in [1.165, 1.54) is 22.3 Å². The Morgan fingerprint density at radius 1 is 0.800 bits per heavy atom. The van der Waals surface area contributed by atoms with Gasteiger partial charge in [-0.1, -0.05) is 0 Å². The average molecular weight is 338 g/mol. The Kier molecular flexibility index (Phi) is 2.55. The van der Waals surface area contributed by atoms with Crippen molar-refractivity contribution in [2.75, 3.05) is 27.2 Å². The molecule has 4 aliphatic rings. The number of ether oxygens (including phenoxy) is 4. The zero-order chi connectivity index (χ0) is 16.6. The van der Waals surface area contributed by atoms with Gasteiger partial charge in [-0.05, 0) is 35.4 Å². The van der Waals surface area contributed by atoms with Crippen molar-refractivity contribution in [3.8, 4) is 23.0 Å². The molecule has 2 atom stereocenters. The zero-order valence-electron chi connectivity index (χ0n) is 14.2. The van der Waals surface area contributed by atoms with Gasteiger partial charge in [0.05, 0.1) is 13.6 Å². The van der Waals surface area contributed by atoms with Crippen LogP contribution in [-0.4, -0.2) is 31.7 Å². The van der Waals surface area contributed by atoms with Gasteiger partial charge >= 0.3 is 0 Å². The first-order chi connectivity index (χ1) is 12.2. The van der Waals surface area contributed by atoms with Crippen molar-refractivity contribution in [2.24, 2.45) is 0 Å². The van der Waals surface area contributed by atoms with Gasteiger partial charge in [-0.2, -0.15) is 0 Å². The van der Waals surface area contributed by atoms with Gasteiger partial charge in [-0.25, -0.2) is 0 Å². The molecule has 0 bridgehead atoms. The van der Waals surface area contributed by atoms with Gasteiger partial charge in [0, 0.05) is 24.0 Å². The van der Waals surface area contributed by atoms with E-state index in [4.69, 9.17) is 18.9 Å². The maximum atomic E-state index is 5.64. The molecule has 25 heavy (non-hydrogen) atoms. The number of rotatable bonds is 0. The molecule has 4 heterocycles. The van der Waals surface area contributed by atoms with Crippen molar-refractivity contribution in [3.63, 3.8) is 0 Å². The van der Waals surface area contributed by atoms with Crippen LogP contribution in [0.4, 0.5) is 0 Å². The highest BCUT2D eigenvalue weighted by atomic mass is 16.7. The second kappa shape index (κ2) is 4.61. The Bertz CT molecular complexity index is 909. The van der Waals surface area contributed by atoms with E-state index in [-0.39, 0.29) is 0 Å². The summed E-state index contributed by atoms with van der Waals surface area (Å²) < 4.78 is 23.4. The summed E-state index contributed by atoms with van der Waals surface area (Å²) in [4.78, 5) is 0. The van der Waals surface area contributed by atoms with Crippen LogP contribution in [0.3, 0.4) is 0 Å². The maximum absolute atomic E-state index is 5.64. The molecule has 0 radical (unpaired) electrons. The third-order valence-corrected chi connectivity index (χ3v) is 6.28. The van der Waals surface area contributed by atoms with Gasteiger partial charge in [0.1, 0.15) is 12.6 Å². The molecule has 0 saturated heterocycles. The monoisotopic (exact) mass is 338 g/mol. The van der Waals surface area contributed by atoms with E-state index in [1.807, 2.05) is 0 Å². The predicted molar refractivity (Wildman–Crippen MR) is 90.0 cm³/mol. The number of quaternary nitrogens is 1. The number of benzene rings is 2. The molecule has 128 valence electrons. The number of nitrogens with zero attached hydrogens (tertiary/aromatic N) is 1. The van der Waals surface area contributed by atoms with Crippen molar-refractivity contribution in [3.05, 3.63) is 46.5 Å². The molecule has 0 fully saturated rings. The first-order valence-corrected chi connectivity index (χ1v) is 8.88. The molecule has 0 amide bonds. The lowest BCUT2D eigenvalue weighted by atomic mass is 9.81. The van der Waals surface area contributed by atoms with Crippen LogP contribution >= 0.6 is 0 Å². The van der Waals surface area contributed by atoms with Crippen LogP contribution in [-0.2, 0) is 19.4 Å². The van der Waals surface area contributed by atoms with Gasteiger partial charge in [0.15, 0.2) is 23.0 Å². The lowest BCUT2D eigenvalue weighted by Gasteiger charge is -2.48. The van der Waals surface area contributed by atoms with Gasteiger partial charge in [-0.15, -0.1) is 0 Å². The second-order valence-electron chi connectivity index (χ2n) is 7.71. The van der Waals surface area contributed by atoms with E-state index in [0.717, 1.165) is 53.4 Å². The first kappa shape index (κ1) is 13.8. The second-order valence-corrected chi connectivity index (χ2v) is 7.71. The number of fused-ring (bicyclic) bond motifs is 6. The number of hydrogen-bond donors (Lipinski definition) is 0. The molecule has 0 unspecified atom stereocenters. The number of hydrogen-bond acceptors (Lipinski definition) is 4. The first-order valence-electron chi connectivity index (χ1n) is 8.88. The van der Waals surface area contributed by atoms with Crippen LogP contribution in [0.5, 0.6) is 23.0 Å². The van der Waals surface area contributed by atoms with Crippen LogP contribution in [0.25, 0.3) is 0 Å². The molecule has 0 N–H and O–H groups in total. The summed E-state index contributed by atoms with van der Waals surface area (Å²) >= 11 is 0. The zero-order valence-corrected chi connectivity index (χ0v) is 14.2. The summed E-state index contributed by atoms with van der Waals surface area (Å²) in [7, 11) is 2.38. The van der Waals surface area contributed by atoms with Crippen LogP contribution in [0.1, 0.15) is 28.3 Å². The van der Waals surface area contributed by atoms with Crippen molar-refractivity contribution in [1.82, 2.24) is 0 Å².